The molecule has 208 valence electrons. The van der Waals surface area contributed by atoms with Gasteiger partial charge in [-0.15, -0.1) is 0 Å². The number of ether oxygens (including phenoxy) is 2. The first-order chi connectivity index (χ1) is 17.8. The number of aryl methyl sites for hydroxylation is 1. The highest BCUT2D eigenvalue weighted by Crippen LogP contribution is 2.49. The van der Waals surface area contributed by atoms with Crippen LogP contribution in [0.1, 0.15) is 33.3 Å². The number of aliphatic hydroxyl groups is 1. The molecule has 0 fully saturated rings. The van der Waals surface area contributed by atoms with Crippen LogP contribution in [0, 0.1) is 12.3 Å². The molecule has 38 heavy (non-hydrogen) atoms. The number of benzene rings is 1. The van der Waals surface area contributed by atoms with Gasteiger partial charge in [-0.3, -0.25) is 19.1 Å². The van der Waals surface area contributed by atoms with Crippen molar-refractivity contribution in [3.05, 3.63) is 68.8 Å². The number of rotatable bonds is 11. The molecule has 1 aliphatic heterocycles. The standard InChI is InChI=1S/C24H31FN3O9P/c1-14(2)35-22(31)16(4)27-38(33,37-17-9-7-6-8-10-17)34-12-18-24(5,13-29)19(25)21(36-18)28-11-15(3)20(30)26-23(28)32/h6-11,14,16,18,29H,12-13H2,1-5H3,(H,27,33)(H,26,30,32)/t16-,18+,24?,38?/m0/s1. The Morgan fingerprint density at radius 1 is 1.29 bits per heavy atom. The molecule has 2 aromatic rings. The molecule has 3 rings (SSSR count). The van der Waals surface area contributed by atoms with Crippen LogP contribution in [-0.2, 0) is 23.4 Å². The third kappa shape index (κ3) is 6.41. The summed E-state index contributed by atoms with van der Waals surface area (Å²) in [6.45, 7) is 6.11. The smallest absolute Gasteiger partial charge is 0.459 e. The van der Waals surface area contributed by atoms with Crippen LogP contribution in [0.3, 0.4) is 0 Å². The minimum atomic E-state index is -4.32. The van der Waals surface area contributed by atoms with E-state index in [0.29, 0.717) is 0 Å². The number of esters is 1. The van der Waals surface area contributed by atoms with Crippen molar-refractivity contribution in [3.63, 3.8) is 0 Å². The Morgan fingerprint density at radius 2 is 1.95 bits per heavy atom. The second-order valence-electron chi connectivity index (χ2n) is 9.28. The number of hydrogen-bond acceptors (Lipinski definition) is 9. The lowest BCUT2D eigenvalue weighted by Crippen LogP contribution is -2.39. The first-order valence-electron chi connectivity index (χ1n) is 11.8. The van der Waals surface area contributed by atoms with Crippen molar-refractivity contribution in [3.8, 4) is 5.75 Å². The Hall–Kier alpha value is -3.25. The van der Waals surface area contributed by atoms with Gasteiger partial charge in [0.2, 0.25) is 5.88 Å². The topological polar surface area (TPSA) is 158 Å². The molecule has 0 aliphatic carbocycles. The Labute approximate surface area is 218 Å². The van der Waals surface area contributed by atoms with Gasteiger partial charge in [-0.1, -0.05) is 18.2 Å². The lowest BCUT2D eigenvalue weighted by atomic mass is 9.85. The van der Waals surface area contributed by atoms with Crippen molar-refractivity contribution in [2.45, 2.75) is 52.9 Å². The number of halogens is 1. The van der Waals surface area contributed by atoms with E-state index in [1.807, 2.05) is 0 Å². The summed E-state index contributed by atoms with van der Waals surface area (Å²) < 4.78 is 51.9. The highest BCUT2D eigenvalue weighted by atomic mass is 31.2. The van der Waals surface area contributed by atoms with Gasteiger partial charge >= 0.3 is 19.4 Å². The third-order valence-corrected chi connectivity index (χ3v) is 7.39. The number of para-hydroxylation sites is 1. The Balaban J connectivity index is 1.88. The largest absolute Gasteiger partial charge is 0.470 e. The molecule has 1 aromatic heterocycles. The molecule has 0 amide bonds. The Bertz CT molecular complexity index is 1360. The van der Waals surface area contributed by atoms with Crippen LogP contribution >= 0.6 is 7.75 Å². The number of aromatic amines is 1. The molecule has 1 aromatic carbocycles. The fraction of sp³-hybridized carbons (Fsp3) is 0.458. The molecule has 1 aliphatic rings. The van der Waals surface area contributed by atoms with Crippen LogP contribution in [0.2, 0.25) is 0 Å². The zero-order valence-electron chi connectivity index (χ0n) is 21.6. The molecule has 0 spiro atoms. The lowest BCUT2D eigenvalue weighted by molar-refractivity contribution is -0.149. The molecule has 0 radical (unpaired) electrons. The van der Waals surface area contributed by atoms with Gasteiger partial charge in [-0.05, 0) is 46.8 Å². The van der Waals surface area contributed by atoms with Crippen LogP contribution < -0.4 is 20.9 Å². The second-order valence-corrected chi connectivity index (χ2v) is 11.0. The van der Waals surface area contributed by atoms with E-state index in [1.54, 1.807) is 32.0 Å². The predicted octanol–water partition coefficient (Wildman–Crippen LogP) is 2.47. The van der Waals surface area contributed by atoms with Crippen LogP contribution in [-0.4, -0.2) is 52.1 Å². The van der Waals surface area contributed by atoms with E-state index in [0.717, 1.165) is 10.8 Å². The lowest BCUT2D eigenvalue weighted by Gasteiger charge is -2.29. The van der Waals surface area contributed by atoms with Gasteiger partial charge in [-0.25, -0.2) is 18.3 Å². The second kappa shape index (κ2) is 11.6. The minimum absolute atomic E-state index is 0.117. The molecule has 3 N–H and O–H groups in total. The van der Waals surface area contributed by atoms with Crippen LogP contribution in [0.15, 0.2) is 51.9 Å². The fourth-order valence-electron chi connectivity index (χ4n) is 3.47. The Kier molecular flexibility index (Phi) is 8.98. The van der Waals surface area contributed by atoms with Crippen molar-refractivity contribution in [1.29, 1.82) is 0 Å². The van der Waals surface area contributed by atoms with Gasteiger partial charge in [0.1, 0.15) is 17.9 Å². The van der Waals surface area contributed by atoms with E-state index in [1.165, 1.54) is 32.9 Å². The average Bonchev–Trinajstić information content (AvgIpc) is 3.10. The third-order valence-electron chi connectivity index (χ3n) is 5.74. The molecule has 0 saturated heterocycles. The van der Waals surface area contributed by atoms with Crippen LogP contribution in [0.4, 0.5) is 4.39 Å². The average molecular weight is 555 g/mol. The van der Waals surface area contributed by atoms with E-state index in [-0.39, 0.29) is 11.3 Å². The van der Waals surface area contributed by atoms with Crippen LogP contribution in [0.25, 0.3) is 5.88 Å². The molecule has 12 nitrogen and oxygen atoms in total. The summed E-state index contributed by atoms with van der Waals surface area (Å²) in [5.41, 5.74) is -3.19. The fourth-order valence-corrected chi connectivity index (χ4v) is 4.96. The van der Waals surface area contributed by atoms with Gasteiger partial charge < -0.3 is 19.1 Å². The molecular weight excluding hydrogens is 524 g/mol. The van der Waals surface area contributed by atoms with Crippen molar-refractivity contribution >= 4 is 19.6 Å². The molecule has 2 heterocycles. The SMILES string of the molecule is Cc1cn(C2=C(F)C(C)(CO)[C@@H](COP(=O)(N[C@@H](C)C(=O)OC(C)C)Oc3ccccc3)O2)c(=O)[nH]c1=O. The number of aliphatic hydroxyl groups excluding tert-OH is 1. The molecule has 14 heteroatoms. The molecular formula is C24H31FN3O9P. The number of hydrogen-bond donors (Lipinski definition) is 3. The summed E-state index contributed by atoms with van der Waals surface area (Å²) >= 11 is 0. The van der Waals surface area contributed by atoms with Crippen molar-refractivity contribution in [2.75, 3.05) is 13.2 Å². The van der Waals surface area contributed by atoms with E-state index in [9.17, 15) is 24.1 Å². The first-order valence-corrected chi connectivity index (χ1v) is 13.3. The summed E-state index contributed by atoms with van der Waals surface area (Å²) in [6.07, 6.45) is -0.606. The van der Waals surface area contributed by atoms with E-state index < -0.39 is 73.6 Å². The van der Waals surface area contributed by atoms with Crippen molar-refractivity contribution < 1.29 is 37.4 Å². The first kappa shape index (κ1) is 29.3. The van der Waals surface area contributed by atoms with Gasteiger partial charge in [0.25, 0.3) is 5.56 Å². The minimum Gasteiger partial charge on any atom is -0.470 e. The summed E-state index contributed by atoms with van der Waals surface area (Å²) in [5, 5.41) is 12.5. The maximum Gasteiger partial charge on any atom is 0.459 e. The van der Waals surface area contributed by atoms with Crippen LogP contribution in [0.5, 0.6) is 5.75 Å². The van der Waals surface area contributed by atoms with Gasteiger partial charge in [0, 0.05) is 11.8 Å². The van der Waals surface area contributed by atoms with Gasteiger partial charge in [0.15, 0.2) is 5.83 Å². The summed E-state index contributed by atoms with van der Waals surface area (Å²) in [7, 11) is -4.32. The number of carbonyl (C=O) groups is 1. The highest BCUT2D eigenvalue weighted by molar-refractivity contribution is 7.52. The van der Waals surface area contributed by atoms with E-state index in [2.05, 4.69) is 10.1 Å². The van der Waals surface area contributed by atoms with Gasteiger partial charge in [-0.2, -0.15) is 5.09 Å². The number of nitrogens with zero attached hydrogens (tertiary/aromatic N) is 1. The Morgan fingerprint density at radius 3 is 2.55 bits per heavy atom. The van der Waals surface area contributed by atoms with Crippen molar-refractivity contribution in [2.24, 2.45) is 5.41 Å². The maximum absolute atomic E-state index is 15.5. The quantitative estimate of drug-likeness (QED) is 0.278. The van der Waals surface area contributed by atoms with Gasteiger partial charge in [0.05, 0.1) is 24.7 Å². The van der Waals surface area contributed by atoms with Crippen molar-refractivity contribution in [1.82, 2.24) is 14.6 Å². The number of nitrogens with one attached hydrogen (secondary N) is 2. The molecule has 2 unspecified atom stereocenters. The number of H-pyrrole nitrogens is 1. The predicted molar refractivity (Wildman–Crippen MR) is 135 cm³/mol. The molecule has 4 atom stereocenters. The summed E-state index contributed by atoms with van der Waals surface area (Å²) in [5.74, 6) is -2.09. The van der Waals surface area contributed by atoms with E-state index >= 15 is 4.39 Å². The summed E-state index contributed by atoms with van der Waals surface area (Å²) in [6, 6.07) is 6.90. The normalized spacial score (nSPS) is 21.6. The number of carbonyl (C=O) groups excluding carboxylic acids is 1. The molecule has 0 bridgehead atoms. The molecule has 0 saturated carbocycles. The summed E-state index contributed by atoms with van der Waals surface area (Å²) in [4.78, 5) is 38.4. The zero-order chi connectivity index (χ0) is 28.3. The zero-order valence-corrected chi connectivity index (χ0v) is 22.5. The monoisotopic (exact) mass is 555 g/mol. The highest BCUT2D eigenvalue weighted by Gasteiger charge is 2.50. The maximum atomic E-state index is 15.5. The number of aromatic nitrogens is 2. The van der Waals surface area contributed by atoms with E-state index in [4.69, 9.17) is 18.5 Å².